The highest BCUT2D eigenvalue weighted by Gasteiger charge is 2.25. The van der Waals surface area contributed by atoms with E-state index in [0.717, 1.165) is 36.3 Å². The summed E-state index contributed by atoms with van der Waals surface area (Å²) in [6, 6.07) is 19.6. The van der Waals surface area contributed by atoms with Crippen LogP contribution in [0.15, 0.2) is 60.7 Å². The van der Waals surface area contributed by atoms with Crippen LogP contribution in [0.2, 0.25) is 0 Å². The summed E-state index contributed by atoms with van der Waals surface area (Å²) in [5, 5.41) is 8.57. The van der Waals surface area contributed by atoms with Crippen molar-refractivity contribution < 1.29 is 4.79 Å². The smallest absolute Gasteiger partial charge is 0.276 e. The lowest BCUT2D eigenvalue weighted by molar-refractivity contribution is 0.0757. The van der Waals surface area contributed by atoms with Crippen LogP contribution < -0.4 is 0 Å². The number of hydrogen-bond donors (Lipinski definition) is 0. The molecule has 0 N–H and O–H groups in total. The van der Waals surface area contributed by atoms with Gasteiger partial charge in [-0.2, -0.15) is 0 Å². The topological polar surface area (TPSA) is 51.0 Å². The largest absolute Gasteiger partial charge is 0.337 e. The summed E-state index contributed by atoms with van der Waals surface area (Å²) in [6.45, 7) is 5.51. The molecule has 0 saturated heterocycles. The molecule has 0 bridgehead atoms. The molecule has 26 heavy (non-hydrogen) atoms. The fraction of sp³-hybridized carbons (Fsp3) is 0.286. The van der Waals surface area contributed by atoms with Gasteiger partial charge in [-0.05, 0) is 25.5 Å². The van der Waals surface area contributed by atoms with Gasteiger partial charge in [-0.3, -0.25) is 4.79 Å². The molecule has 0 atom stereocenters. The minimum atomic E-state index is -0.0676. The third-order valence-electron chi connectivity index (χ3n) is 4.37. The van der Waals surface area contributed by atoms with Gasteiger partial charge in [-0.15, -0.1) is 5.10 Å². The zero-order chi connectivity index (χ0) is 18.4. The number of benzene rings is 2. The van der Waals surface area contributed by atoms with Crippen molar-refractivity contribution >= 4 is 5.91 Å². The van der Waals surface area contributed by atoms with Crippen LogP contribution in [0.5, 0.6) is 0 Å². The minimum Gasteiger partial charge on any atom is -0.337 e. The Morgan fingerprint density at radius 1 is 1.00 bits per heavy atom. The third-order valence-corrected chi connectivity index (χ3v) is 4.37. The van der Waals surface area contributed by atoms with E-state index in [-0.39, 0.29) is 5.91 Å². The Hall–Kier alpha value is -2.95. The normalized spacial score (nSPS) is 10.7. The molecule has 5 heteroatoms. The summed E-state index contributed by atoms with van der Waals surface area (Å²) in [4.78, 5) is 15.0. The molecule has 3 aromatic rings. The highest BCUT2D eigenvalue weighted by Crippen LogP contribution is 2.26. The van der Waals surface area contributed by atoms with Crippen LogP contribution in [0.1, 0.15) is 37.2 Å². The van der Waals surface area contributed by atoms with Crippen LogP contribution in [0.3, 0.4) is 0 Å². The summed E-state index contributed by atoms with van der Waals surface area (Å²) in [5.41, 5.74) is 2.94. The lowest BCUT2D eigenvalue weighted by atomic mass is 10.1. The first kappa shape index (κ1) is 17.9. The van der Waals surface area contributed by atoms with E-state index in [4.69, 9.17) is 0 Å². The van der Waals surface area contributed by atoms with Gasteiger partial charge in [-0.25, -0.2) is 4.68 Å². The van der Waals surface area contributed by atoms with Gasteiger partial charge >= 0.3 is 0 Å². The van der Waals surface area contributed by atoms with E-state index >= 15 is 0 Å². The predicted molar refractivity (Wildman–Crippen MR) is 103 cm³/mol. The standard InChI is InChI=1S/C21H24N4O/c1-3-5-16-24(4-2)21(26)19-20(17-12-8-6-9-13-17)25(23-22-19)18-14-10-7-11-15-18/h6-15H,3-5,16H2,1-2H3. The maximum atomic E-state index is 13.1. The molecule has 1 aromatic heterocycles. The Bertz CT molecular complexity index is 843. The summed E-state index contributed by atoms with van der Waals surface area (Å²) < 4.78 is 1.75. The Labute approximate surface area is 154 Å². The summed E-state index contributed by atoms with van der Waals surface area (Å²) >= 11 is 0. The molecular formula is C21H24N4O. The molecule has 2 aromatic carbocycles. The Morgan fingerprint density at radius 3 is 2.27 bits per heavy atom. The SMILES string of the molecule is CCCCN(CC)C(=O)c1nnn(-c2ccccc2)c1-c1ccccc1. The van der Waals surface area contributed by atoms with Gasteiger partial charge in [0.15, 0.2) is 5.69 Å². The number of rotatable bonds is 7. The van der Waals surface area contributed by atoms with Gasteiger partial charge in [0.1, 0.15) is 5.69 Å². The molecule has 1 heterocycles. The molecule has 0 radical (unpaired) electrons. The number of nitrogens with zero attached hydrogens (tertiary/aromatic N) is 4. The van der Waals surface area contributed by atoms with Crippen LogP contribution in [0, 0.1) is 0 Å². The number of carbonyl (C=O) groups is 1. The second-order valence-electron chi connectivity index (χ2n) is 6.14. The number of amides is 1. The van der Waals surface area contributed by atoms with Crippen molar-refractivity contribution in [2.24, 2.45) is 0 Å². The van der Waals surface area contributed by atoms with E-state index < -0.39 is 0 Å². The van der Waals surface area contributed by atoms with Crippen molar-refractivity contribution in [1.29, 1.82) is 0 Å². The Kier molecular flexibility index (Phi) is 5.79. The van der Waals surface area contributed by atoms with Crippen molar-refractivity contribution in [2.75, 3.05) is 13.1 Å². The fourth-order valence-electron chi connectivity index (χ4n) is 2.93. The van der Waals surface area contributed by atoms with Gasteiger partial charge in [0.05, 0.1) is 5.69 Å². The summed E-state index contributed by atoms with van der Waals surface area (Å²) in [7, 11) is 0. The van der Waals surface area contributed by atoms with E-state index in [2.05, 4.69) is 17.2 Å². The number of unbranched alkanes of at least 4 members (excludes halogenated alkanes) is 1. The molecule has 134 valence electrons. The van der Waals surface area contributed by atoms with E-state index in [1.807, 2.05) is 72.5 Å². The molecule has 5 nitrogen and oxygen atoms in total. The third kappa shape index (κ3) is 3.67. The quantitative estimate of drug-likeness (QED) is 0.643. The summed E-state index contributed by atoms with van der Waals surface area (Å²) in [6.07, 6.45) is 2.03. The fourth-order valence-corrected chi connectivity index (χ4v) is 2.93. The molecule has 0 aliphatic rings. The zero-order valence-electron chi connectivity index (χ0n) is 15.3. The second-order valence-corrected chi connectivity index (χ2v) is 6.14. The Morgan fingerprint density at radius 2 is 1.65 bits per heavy atom. The number of para-hydroxylation sites is 1. The van der Waals surface area contributed by atoms with Gasteiger partial charge in [0, 0.05) is 18.7 Å². The van der Waals surface area contributed by atoms with Crippen molar-refractivity contribution in [3.8, 4) is 16.9 Å². The van der Waals surface area contributed by atoms with E-state index in [0.29, 0.717) is 12.2 Å². The van der Waals surface area contributed by atoms with Crippen LogP contribution in [-0.4, -0.2) is 38.9 Å². The average molecular weight is 348 g/mol. The first-order valence-corrected chi connectivity index (χ1v) is 9.12. The molecule has 1 amide bonds. The first-order valence-electron chi connectivity index (χ1n) is 9.12. The van der Waals surface area contributed by atoms with Crippen molar-refractivity contribution in [1.82, 2.24) is 19.9 Å². The molecular weight excluding hydrogens is 324 g/mol. The number of aromatic nitrogens is 3. The van der Waals surface area contributed by atoms with Gasteiger partial charge in [0.25, 0.3) is 5.91 Å². The highest BCUT2D eigenvalue weighted by molar-refractivity contribution is 5.98. The summed E-state index contributed by atoms with van der Waals surface area (Å²) in [5.74, 6) is -0.0676. The highest BCUT2D eigenvalue weighted by atomic mass is 16.2. The van der Waals surface area contributed by atoms with Crippen molar-refractivity contribution in [2.45, 2.75) is 26.7 Å². The average Bonchev–Trinajstić information content (AvgIpc) is 3.15. The van der Waals surface area contributed by atoms with E-state index in [9.17, 15) is 4.79 Å². The van der Waals surface area contributed by atoms with E-state index in [1.54, 1.807) is 4.68 Å². The lowest BCUT2D eigenvalue weighted by Gasteiger charge is -2.20. The molecule has 3 rings (SSSR count). The molecule has 0 unspecified atom stereocenters. The van der Waals surface area contributed by atoms with Crippen molar-refractivity contribution in [3.63, 3.8) is 0 Å². The molecule has 0 spiro atoms. The monoisotopic (exact) mass is 348 g/mol. The zero-order valence-corrected chi connectivity index (χ0v) is 15.3. The van der Waals surface area contributed by atoms with Gasteiger partial charge in [-0.1, -0.05) is 67.1 Å². The van der Waals surface area contributed by atoms with Crippen LogP contribution in [0.4, 0.5) is 0 Å². The first-order chi connectivity index (χ1) is 12.8. The molecule has 0 aliphatic heterocycles. The van der Waals surface area contributed by atoms with Crippen LogP contribution in [0.25, 0.3) is 16.9 Å². The van der Waals surface area contributed by atoms with Crippen LogP contribution >= 0.6 is 0 Å². The minimum absolute atomic E-state index is 0.0676. The molecule has 0 aliphatic carbocycles. The number of carbonyl (C=O) groups excluding carboxylic acids is 1. The number of hydrogen-bond acceptors (Lipinski definition) is 3. The lowest BCUT2D eigenvalue weighted by Crippen LogP contribution is -2.32. The second kappa shape index (κ2) is 8.43. The maximum Gasteiger partial charge on any atom is 0.276 e. The Balaban J connectivity index is 2.09. The maximum absolute atomic E-state index is 13.1. The predicted octanol–water partition coefficient (Wildman–Crippen LogP) is 4.20. The van der Waals surface area contributed by atoms with E-state index in [1.165, 1.54) is 0 Å². The van der Waals surface area contributed by atoms with Gasteiger partial charge < -0.3 is 4.90 Å². The van der Waals surface area contributed by atoms with Crippen molar-refractivity contribution in [3.05, 3.63) is 66.4 Å². The molecule has 0 fully saturated rings. The van der Waals surface area contributed by atoms with Crippen LogP contribution in [-0.2, 0) is 0 Å². The molecule has 0 saturated carbocycles. The van der Waals surface area contributed by atoms with Gasteiger partial charge in [0.2, 0.25) is 0 Å².